The Hall–Kier alpha value is -3.05. The van der Waals surface area contributed by atoms with Crippen LogP contribution in [0.2, 0.25) is 0 Å². The summed E-state index contributed by atoms with van der Waals surface area (Å²) in [5, 5.41) is 3.45. The zero-order valence-electron chi connectivity index (χ0n) is 10.6. The maximum Gasteiger partial charge on any atom is 0.338 e. The molecule has 2 rings (SSSR count). The Morgan fingerprint density at radius 2 is 2.05 bits per heavy atom. The molecule has 7 heteroatoms. The summed E-state index contributed by atoms with van der Waals surface area (Å²) in [6.45, 7) is 0. The summed E-state index contributed by atoms with van der Waals surface area (Å²) in [5.41, 5.74) is 9.14. The van der Waals surface area contributed by atoms with Crippen LogP contribution >= 0.6 is 0 Å². The lowest BCUT2D eigenvalue weighted by atomic mass is 10.2. The highest BCUT2D eigenvalue weighted by Crippen LogP contribution is 2.23. The monoisotopic (exact) mass is 270 g/mol. The molecule has 1 aromatic carbocycles. The largest absolute Gasteiger partial charge is 0.465 e. The highest BCUT2D eigenvalue weighted by atomic mass is 16.5. The number of aromatic nitrogens is 1. The fourth-order valence-corrected chi connectivity index (χ4v) is 1.46. The second-order valence-electron chi connectivity index (χ2n) is 3.66. The first kappa shape index (κ1) is 13.4. The van der Waals surface area contributed by atoms with Gasteiger partial charge in [0.25, 0.3) is 0 Å². The van der Waals surface area contributed by atoms with Gasteiger partial charge in [-0.2, -0.15) is 0 Å². The molecule has 0 atom stereocenters. The Labute approximate surface area is 114 Å². The minimum atomic E-state index is -0.462. The van der Waals surface area contributed by atoms with Crippen molar-refractivity contribution in [3.05, 3.63) is 58.6 Å². The minimum Gasteiger partial charge on any atom is -0.465 e. The summed E-state index contributed by atoms with van der Waals surface area (Å²) < 4.78 is 10.1. The summed E-state index contributed by atoms with van der Waals surface area (Å²) in [4.78, 5) is 18.1. The maximum atomic E-state index is 11.4. The van der Waals surface area contributed by atoms with Crippen molar-refractivity contribution >= 4 is 11.7 Å². The van der Waals surface area contributed by atoms with E-state index in [0.29, 0.717) is 17.0 Å². The Balaban J connectivity index is 2.17. The summed E-state index contributed by atoms with van der Waals surface area (Å²) in [5.74, 6) is 0.316. The van der Waals surface area contributed by atoms with Crippen LogP contribution in [-0.4, -0.2) is 18.1 Å². The van der Waals surface area contributed by atoms with Gasteiger partial charge in [-0.1, -0.05) is 5.11 Å². The van der Waals surface area contributed by atoms with Gasteiger partial charge in [0.2, 0.25) is 5.88 Å². The van der Waals surface area contributed by atoms with Gasteiger partial charge in [-0.15, -0.1) is 0 Å². The first-order valence-electron chi connectivity index (χ1n) is 5.60. The van der Waals surface area contributed by atoms with Gasteiger partial charge >= 0.3 is 5.97 Å². The molecular formula is C13H10N4O3. The predicted octanol–water partition coefficient (Wildman–Crippen LogP) is 3.60. The number of esters is 1. The van der Waals surface area contributed by atoms with Gasteiger partial charge in [-0.05, 0) is 35.9 Å². The van der Waals surface area contributed by atoms with Crippen LogP contribution in [0.25, 0.3) is 10.4 Å². The smallest absolute Gasteiger partial charge is 0.338 e. The highest BCUT2D eigenvalue weighted by Gasteiger charge is 2.07. The molecule has 0 spiro atoms. The van der Waals surface area contributed by atoms with Gasteiger partial charge in [-0.25, -0.2) is 9.78 Å². The van der Waals surface area contributed by atoms with E-state index in [0.717, 1.165) is 0 Å². The number of methoxy groups -OCH3 is 1. The first-order valence-corrected chi connectivity index (χ1v) is 5.60. The van der Waals surface area contributed by atoms with Crippen molar-refractivity contribution in [2.24, 2.45) is 5.11 Å². The second kappa shape index (κ2) is 6.21. The van der Waals surface area contributed by atoms with E-state index in [4.69, 9.17) is 10.3 Å². The molecular weight excluding hydrogens is 260 g/mol. The summed E-state index contributed by atoms with van der Waals surface area (Å²) in [6.07, 6.45) is 1.45. The molecule has 0 amide bonds. The molecule has 100 valence electrons. The standard InChI is InChI=1S/C13H10N4O3/c1-19-13(18)9-6-7-15-12(8-9)20-11-4-2-10(3-5-11)16-17-14/h2-8H,1H3. The topological polar surface area (TPSA) is 97.2 Å². The van der Waals surface area contributed by atoms with Crippen LogP contribution in [-0.2, 0) is 4.74 Å². The fourth-order valence-electron chi connectivity index (χ4n) is 1.46. The molecule has 1 heterocycles. The molecule has 0 aliphatic carbocycles. The average Bonchev–Trinajstić information content (AvgIpc) is 2.49. The van der Waals surface area contributed by atoms with Gasteiger partial charge in [-0.3, -0.25) is 0 Å². The van der Waals surface area contributed by atoms with Crippen molar-refractivity contribution in [2.45, 2.75) is 0 Å². The molecule has 0 saturated heterocycles. The Morgan fingerprint density at radius 1 is 1.30 bits per heavy atom. The Kier molecular flexibility index (Phi) is 4.16. The predicted molar refractivity (Wildman–Crippen MR) is 70.9 cm³/mol. The van der Waals surface area contributed by atoms with Crippen molar-refractivity contribution in [3.63, 3.8) is 0 Å². The minimum absolute atomic E-state index is 0.268. The van der Waals surface area contributed by atoms with Gasteiger partial charge in [0.15, 0.2) is 0 Å². The van der Waals surface area contributed by atoms with Crippen LogP contribution in [0.3, 0.4) is 0 Å². The molecule has 0 unspecified atom stereocenters. The van der Waals surface area contributed by atoms with E-state index < -0.39 is 5.97 Å². The van der Waals surface area contributed by atoms with Crippen molar-refractivity contribution in [2.75, 3.05) is 7.11 Å². The number of ether oxygens (including phenoxy) is 2. The molecule has 0 radical (unpaired) electrons. The number of carbonyl (C=O) groups excluding carboxylic acids is 1. The molecule has 0 aliphatic heterocycles. The number of carbonyl (C=O) groups is 1. The number of pyridine rings is 1. The molecule has 0 fully saturated rings. The van der Waals surface area contributed by atoms with E-state index in [1.165, 1.54) is 25.4 Å². The van der Waals surface area contributed by atoms with Gasteiger partial charge in [0.05, 0.1) is 12.7 Å². The molecule has 1 aromatic heterocycles. The summed E-state index contributed by atoms with van der Waals surface area (Å²) in [6, 6.07) is 9.50. The van der Waals surface area contributed by atoms with E-state index in [1.54, 1.807) is 24.3 Å². The Bertz CT molecular complexity index is 664. The van der Waals surface area contributed by atoms with Gasteiger partial charge in [0.1, 0.15) is 5.75 Å². The van der Waals surface area contributed by atoms with Crippen LogP contribution < -0.4 is 4.74 Å². The fraction of sp³-hybridized carbons (Fsp3) is 0.0769. The third kappa shape index (κ3) is 3.24. The van der Waals surface area contributed by atoms with E-state index in [2.05, 4.69) is 19.7 Å². The SMILES string of the molecule is COC(=O)c1ccnc(Oc2ccc(N=[N+]=[N-])cc2)c1. The third-order valence-electron chi connectivity index (χ3n) is 2.38. The van der Waals surface area contributed by atoms with Gasteiger partial charge < -0.3 is 9.47 Å². The number of hydrogen-bond acceptors (Lipinski definition) is 5. The molecule has 0 aliphatic rings. The van der Waals surface area contributed by atoms with Crippen molar-refractivity contribution in [1.82, 2.24) is 4.98 Å². The van der Waals surface area contributed by atoms with Crippen LogP contribution in [0.15, 0.2) is 47.7 Å². The third-order valence-corrected chi connectivity index (χ3v) is 2.38. The molecule has 0 bridgehead atoms. The molecule has 20 heavy (non-hydrogen) atoms. The van der Waals surface area contributed by atoms with Crippen molar-refractivity contribution < 1.29 is 14.3 Å². The number of hydrogen-bond donors (Lipinski definition) is 0. The van der Waals surface area contributed by atoms with Gasteiger partial charge in [0, 0.05) is 22.9 Å². The molecule has 2 aromatic rings. The van der Waals surface area contributed by atoms with E-state index in [1.807, 2.05) is 0 Å². The molecule has 0 N–H and O–H groups in total. The quantitative estimate of drug-likeness (QED) is 0.367. The van der Waals surface area contributed by atoms with Crippen LogP contribution in [0, 0.1) is 0 Å². The second-order valence-corrected chi connectivity index (χ2v) is 3.66. The zero-order chi connectivity index (χ0) is 14.4. The normalized spacial score (nSPS) is 9.45. The highest BCUT2D eigenvalue weighted by molar-refractivity contribution is 5.89. The van der Waals surface area contributed by atoms with Crippen LogP contribution in [0.4, 0.5) is 5.69 Å². The number of benzene rings is 1. The van der Waals surface area contributed by atoms with E-state index in [9.17, 15) is 4.79 Å². The molecule has 0 saturated carbocycles. The summed E-state index contributed by atoms with van der Waals surface area (Å²) in [7, 11) is 1.30. The van der Waals surface area contributed by atoms with Crippen molar-refractivity contribution in [3.8, 4) is 11.6 Å². The average molecular weight is 270 g/mol. The zero-order valence-corrected chi connectivity index (χ0v) is 10.6. The lowest BCUT2D eigenvalue weighted by Crippen LogP contribution is -2.01. The number of azide groups is 1. The van der Waals surface area contributed by atoms with Crippen molar-refractivity contribution in [1.29, 1.82) is 0 Å². The lowest BCUT2D eigenvalue weighted by molar-refractivity contribution is 0.0600. The van der Waals surface area contributed by atoms with Crippen LogP contribution in [0.5, 0.6) is 11.6 Å². The number of nitrogens with zero attached hydrogens (tertiary/aromatic N) is 4. The number of rotatable bonds is 4. The molecule has 7 nitrogen and oxygen atoms in total. The van der Waals surface area contributed by atoms with Crippen LogP contribution in [0.1, 0.15) is 10.4 Å². The first-order chi connectivity index (χ1) is 9.72. The maximum absolute atomic E-state index is 11.4. The Morgan fingerprint density at radius 3 is 2.70 bits per heavy atom. The summed E-state index contributed by atoms with van der Waals surface area (Å²) >= 11 is 0. The van der Waals surface area contributed by atoms with E-state index >= 15 is 0 Å². The lowest BCUT2D eigenvalue weighted by Gasteiger charge is -2.06. The van der Waals surface area contributed by atoms with E-state index in [-0.39, 0.29) is 5.88 Å².